The normalized spacial score (nSPS) is 12.0. The third-order valence-corrected chi connectivity index (χ3v) is 3.49. The van der Waals surface area contributed by atoms with Crippen LogP contribution < -0.4 is 10.6 Å². The molecule has 4 nitrogen and oxygen atoms in total. The molecule has 0 radical (unpaired) electrons. The second-order valence-electron chi connectivity index (χ2n) is 5.37. The SMILES string of the molecule is CN=C(NCCc1sc(C)nc1C)NC(C)(C)C.I. The van der Waals surface area contributed by atoms with E-state index in [9.17, 15) is 0 Å². The molecule has 0 aliphatic carbocycles. The van der Waals surface area contributed by atoms with Crippen molar-refractivity contribution in [1.29, 1.82) is 0 Å². The molecule has 0 spiro atoms. The maximum atomic E-state index is 4.43. The Morgan fingerprint density at radius 2 is 1.95 bits per heavy atom. The molecule has 6 heteroatoms. The lowest BCUT2D eigenvalue weighted by atomic mass is 10.1. The molecule has 1 aromatic heterocycles. The maximum absolute atomic E-state index is 4.43. The first-order chi connectivity index (χ1) is 8.31. The molecule has 1 aromatic rings. The maximum Gasteiger partial charge on any atom is 0.191 e. The molecule has 0 atom stereocenters. The van der Waals surface area contributed by atoms with E-state index in [-0.39, 0.29) is 29.5 Å². The monoisotopic (exact) mass is 396 g/mol. The van der Waals surface area contributed by atoms with Crippen LogP contribution in [-0.4, -0.2) is 30.1 Å². The Labute approximate surface area is 137 Å². The number of thiazole rings is 1. The predicted molar refractivity (Wildman–Crippen MR) is 95.0 cm³/mol. The summed E-state index contributed by atoms with van der Waals surface area (Å²) in [5.74, 6) is 0.849. The highest BCUT2D eigenvalue weighted by Gasteiger charge is 2.11. The minimum absolute atomic E-state index is 0. The zero-order valence-corrected chi connectivity index (χ0v) is 15.8. The molecule has 19 heavy (non-hydrogen) atoms. The predicted octanol–water partition coefficient (Wildman–Crippen LogP) is 2.88. The van der Waals surface area contributed by atoms with Gasteiger partial charge in [0.15, 0.2) is 5.96 Å². The molecule has 2 N–H and O–H groups in total. The molecular weight excluding hydrogens is 371 g/mol. The van der Waals surface area contributed by atoms with Crippen molar-refractivity contribution in [2.45, 2.75) is 46.6 Å². The van der Waals surface area contributed by atoms with Gasteiger partial charge in [-0.1, -0.05) is 0 Å². The summed E-state index contributed by atoms with van der Waals surface area (Å²) in [4.78, 5) is 10.0. The van der Waals surface area contributed by atoms with Crippen molar-refractivity contribution in [3.63, 3.8) is 0 Å². The zero-order chi connectivity index (χ0) is 13.8. The number of hydrogen-bond acceptors (Lipinski definition) is 3. The van der Waals surface area contributed by atoms with E-state index in [1.807, 2.05) is 0 Å². The highest BCUT2D eigenvalue weighted by atomic mass is 127. The molecule has 0 amide bonds. The van der Waals surface area contributed by atoms with E-state index in [0.717, 1.165) is 29.6 Å². The summed E-state index contributed by atoms with van der Waals surface area (Å²) < 4.78 is 0. The Bertz CT molecular complexity index is 421. The lowest BCUT2D eigenvalue weighted by Crippen LogP contribution is -2.48. The van der Waals surface area contributed by atoms with Crippen LogP contribution in [0.15, 0.2) is 4.99 Å². The van der Waals surface area contributed by atoms with Gasteiger partial charge in [-0.2, -0.15) is 0 Å². The van der Waals surface area contributed by atoms with Gasteiger partial charge in [0.2, 0.25) is 0 Å². The molecule has 1 heterocycles. The fraction of sp³-hybridized carbons (Fsp3) is 0.692. The number of hydrogen-bond donors (Lipinski definition) is 2. The first kappa shape index (κ1) is 18.6. The minimum atomic E-state index is 0. The summed E-state index contributed by atoms with van der Waals surface area (Å²) in [5.41, 5.74) is 1.18. The van der Waals surface area contributed by atoms with Gasteiger partial charge in [-0.15, -0.1) is 35.3 Å². The molecule has 1 rings (SSSR count). The van der Waals surface area contributed by atoms with E-state index in [2.05, 4.69) is 55.2 Å². The summed E-state index contributed by atoms with van der Waals surface area (Å²) in [6, 6.07) is 0. The number of aliphatic imine (C=N–C) groups is 1. The number of aryl methyl sites for hydroxylation is 2. The van der Waals surface area contributed by atoms with Gasteiger partial charge in [-0.05, 0) is 34.6 Å². The molecule has 0 aliphatic rings. The summed E-state index contributed by atoms with van der Waals surface area (Å²) in [6.45, 7) is 11.4. The van der Waals surface area contributed by atoms with Crippen LogP contribution in [-0.2, 0) is 6.42 Å². The molecular formula is C13H25IN4S. The van der Waals surface area contributed by atoms with E-state index in [0.29, 0.717) is 0 Å². The van der Waals surface area contributed by atoms with Gasteiger partial charge < -0.3 is 10.6 Å². The van der Waals surface area contributed by atoms with Gasteiger partial charge in [0.05, 0.1) is 10.7 Å². The molecule has 0 fully saturated rings. The van der Waals surface area contributed by atoms with Gasteiger partial charge >= 0.3 is 0 Å². The van der Waals surface area contributed by atoms with Gasteiger partial charge in [-0.25, -0.2) is 4.98 Å². The number of nitrogens with one attached hydrogen (secondary N) is 2. The van der Waals surface area contributed by atoms with Crippen LogP contribution in [0.5, 0.6) is 0 Å². The molecule has 0 saturated carbocycles. The van der Waals surface area contributed by atoms with Crippen LogP contribution in [0.4, 0.5) is 0 Å². The third kappa shape index (κ3) is 7.10. The molecule has 0 aromatic carbocycles. The number of guanidine groups is 1. The van der Waals surface area contributed by atoms with Crippen molar-refractivity contribution in [2.75, 3.05) is 13.6 Å². The van der Waals surface area contributed by atoms with Crippen LogP contribution in [0.3, 0.4) is 0 Å². The number of aromatic nitrogens is 1. The Morgan fingerprint density at radius 1 is 1.32 bits per heavy atom. The topological polar surface area (TPSA) is 49.3 Å². The Kier molecular flexibility index (Phi) is 7.88. The van der Waals surface area contributed by atoms with Gasteiger partial charge in [0, 0.05) is 30.4 Å². The number of halogens is 1. The van der Waals surface area contributed by atoms with Crippen molar-refractivity contribution in [1.82, 2.24) is 15.6 Å². The largest absolute Gasteiger partial charge is 0.356 e. The fourth-order valence-corrected chi connectivity index (χ4v) is 2.57. The van der Waals surface area contributed by atoms with E-state index in [4.69, 9.17) is 0 Å². The van der Waals surface area contributed by atoms with Gasteiger partial charge in [0.1, 0.15) is 0 Å². The molecule has 0 unspecified atom stereocenters. The highest BCUT2D eigenvalue weighted by molar-refractivity contribution is 14.0. The van der Waals surface area contributed by atoms with Crippen LogP contribution in [0, 0.1) is 13.8 Å². The smallest absolute Gasteiger partial charge is 0.191 e. The third-order valence-electron chi connectivity index (χ3n) is 2.36. The summed E-state index contributed by atoms with van der Waals surface area (Å²) >= 11 is 1.78. The average Bonchev–Trinajstić information content (AvgIpc) is 2.54. The van der Waals surface area contributed by atoms with E-state index < -0.39 is 0 Å². The summed E-state index contributed by atoms with van der Waals surface area (Å²) in [6.07, 6.45) is 0.988. The first-order valence-corrected chi connectivity index (χ1v) is 7.05. The number of rotatable bonds is 3. The summed E-state index contributed by atoms with van der Waals surface area (Å²) in [5, 5.41) is 7.81. The van der Waals surface area contributed by atoms with Crippen LogP contribution in [0.1, 0.15) is 36.3 Å². The van der Waals surface area contributed by atoms with Crippen LogP contribution in [0.2, 0.25) is 0 Å². The standard InChI is InChI=1S/C13H24N4S.HI/c1-9-11(18-10(2)16-9)7-8-15-12(14-6)17-13(3,4)5;/h7-8H2,1-6H3,(H2,14,15,17);1H. The van der Waals surface area contributed by atoms with E-state index in [1.165, 1.54) is 4.88 Å². The van der Waals surface area contributed by atoms with Crippen molar-refractivity contribution in [3.8, 4) is 0 Å². The van der Waals surface area contributed by atoms with E-state index in [1.54, 1.807) is 18.4 Å². The van der Waals surface area contributed by atoms with Crippen molar-refractivity contribution >= 4 is 41.3 Å². The first-order valence-electron chi connectivity index (χ1n) is 6.23. The van der Waals surface area contributed by atoms with Gasteiger partial charge in [0.25, 0.3) is 0 Å². The fourth-order valence-electron chi connectivity index (χ4n) is 1.63. The zero-order valence-electron chi connectivity index (χ0n) is 12.6. The van der Waals surface area contributed by atoms with Crippen molar-refractivity contribution in [2.24, 2.45) is 4.99 Å². The summed E-state index contributed by atoms with van der Waals surface area (Å²) in [7, 11) is 1.79. The van der Waals surface area contributed by atoms with Gasteiger partial charge in [-0.3, -0.25) is 4.99 Å². The highest BCUT2D eigenvalue weighted by Crippen LogP contribution is 2.16. The minimum Gasteiger partial charge on any atom is -0.356 e. The lowest BCUT2D eigenvalue weighted by Gasteiger charge is -2.23. The second kappa shape index (κ2) is 8.04. The average molecular weight is 396 g/mol. The molecule has 0 bridgehead atoms. The quantitative estimate of drug-likeness (QED) is 0.469. The second-order valence-corrected chi connectivity index (χ2v) is 6.65. The van der Waals surface area contributed by atoms with E-state index >= 15 is 0 Å². The Balaban J connectivity index is 0.00000324. The molecule has 0 saturated heterocycles. The Hall–Kier alpha value is -0.370. The van der Waals surface area contributed by atoms with Crippen molar-refractivity contribution in [3.05, 3.63) is 15.6 Å². The lowest BCUT2D eigenvalue weighted by molar-refractivity contribution is 0.501. The van der Waals surface area contributed by atoms with Crippen molar-refractivity contribution < 1.29 is 0 Å². The molecule has 110 valence electrons. The number of nitrogens with zero attached hydrogens (tertiary/aromatic N) is 2. The molecule has 0 aliphatic heterocycles. The van der Waals surface area contributed by atoms with Crippen LogP contribution >= 0.6 is 35.3 Å². The Morgan fingerprint density at radius 3 is 2.37 bits per heavy atom. The van der Waals surface area contributed by atoms with Crippen LogP contribution in [0.25, 0.3) is 0 Å².